The van der Waals surface area contributed by atoms with Crippen molar-refractivity contribution in [3.05, 3.63) is 78.8 Å². The van der Waals surface area contributed by atoms with Gasteiger partial charge in [-0.25, -0.2) is 0 Å². The molecule has 0 radical (unpaired) electrons. The molecule has 4 nitrogen and oxygen atoms in total. The van der Waals surface area contributed by atoms with Crippen LogP contribution >= 0.6 is 0 Å². The van der Waals surface area contributed by atoms with Gasteiger partial charge in [-0.2, -0.15) is 19.2 Å². The number of benzene rings is 2. The molecule has 2 heterocycles. The largest absolute Gasteiger partial charge is 0.335 e. The number of nitrogens with one attached hydrogen (secondary N) is 1. The average molecular weight is 275 g/mol. The van der Waals surface area contributed by atoms with E-state index in [0.29, 0.717) is 0 Å². The molecule has 0 saturated heterocycles. The molecule has 0 fully saturated rings. The minimum atomic E-state index is 0.810. The van der Waals surface area contributed by atoms with Gasteiger partial charge >= 0.3 is 5.78 Å². The summed E-state index contributed by atoms with van der Waals surface area (Å²) in [4.78, 5) is 4.63. The Bertz CT molecular complexity index is 828. The summed E-state index contributed by atoms with van der Waals surface area (Å²) in [6, 6.07) is 20.6. The quantitative estimate of drug-likeness (QED) is 0.573. The Morgan fingerprint density at radius 3 is 2.38 bits per heavy atom. The van der Waals surface area contributed by atoms with Gasteiger partial charge in [-0.15, -0.1) is 0 Å². The van der Waals surface area contributed by atoms with Crippen LogP contribution in [0, 0.1) is 0 Å². The van der Waals surface area contributed by atoms with E-state index < -0.39 is 0 Å². The highest BCUT2D eigenvalue weighted by molar-refractivity contribution is 5.60. The van der Waals surface area contributed by atoms with Gasteiger partial charge in [0, 0.05) is 5.56 Å². The zero-order valence-electron chi connectivity index (χ0n) is 11.5. The second-order valence-electron chi connectivity index (χ2n) is 5.06. The fourth-order valence-electron chi connectivity index (χ4n) is 2.48. The molecule has 0 saturated carbocycles. The molecule has 102 valence electrons. The standard InChI is InChI=1S/C17H15N4/c1-3-7-14(8-4-1)11-21-13-20-12-16(18-17(20)19-21)15-9-5-2-6-10-15/h1-10,12-13H,11H2,(H,18,19)/q+1. The third kappa shape index (κ3) is 2.31. The number of imidazole rings is 1. The third-order valence-corrected chi connectivity index (χ3v) is 3.50. The first-order valence-corrected chi connectivity index (χ1v) is 6.95. The van der Waals surface area contributed by atoms with E-state index in [0.717, 1.165) is 23.6 Å². The maximum Gasteiger partial charge on any atom is 0.335 e. The summed E-state index contributed by atoms with van der Waals surface area (Å²) in [6.45, 7) is 0.810. The van der Waals surface area contributed by atoms with Crippen molar-refractivity contribution >= 4 is 5.78 Å². The summed E-state index contributed by atoms with van der Waals surface area (Å²) in [7, 11) is 0. The lowest BCUT2D eigenvalue weighted by Gasteiger charge is -1.95. The molecule has 4 heteroatoms. The summed E-state index contributed by atoms with van der Waals surface area (Å²) in [5.74, 6) is 0.852. The predicted molar refractivity (Wildman–Crippen MR) is 80.7 cm³/mol. The number of H-pyrrole nitrogens is 1. The minimum Gasteiger partial charge on any atom is -0.186 e. The van der Waals surface area contributed by atoms with E-state index in [1.165, 1.54) is 5.56 Å². The Morgan fingerprint density at radius 1 is 0.952 bits per heavy atom. The van der Waals surface area contributed by atoms with Crippen molar-refractivity contribution in [3.8, 4) is 11.3 Å². The number of hydrogen-bond acceptors (Lipinski definition) is 1. The van der Waals surface area contributed by atoms with E-state index in [-0.39, 0.29) is 0 Å². The number of nitrogens with zero attached hydrogens (tertiary/aromatic N) is 3. The van der Waals surface area contributed by atoms with Crippen molar-refractivity contribution in [2.24, 2.45) is 0 Å². The topological polar surface area (TPSA) is 37.0 Å². The summed E-state index contributed by atoms with van der Waals surface area (Å²) in [5, 5.41) is 3.30. The van der Waals surface area contributed by atoms with Crippen molar-refractivity contribution in [1.29, 1.82) is 0 Å². The molecule has 2 aromatic heterocycles. The molecule has 4 rings (SSSR count). The first-order chi connectivity index (χ1) is 10.4. The fraction of sp³-hybridized carbons (Fsp3) is 0.0588. The molecule has 0 spiro atoms. The normalized spacial score (nSPS) is 11.0. The highest BCUT2D eigenvalue weighted by atomic mass is 15.4. The zero-order chi connectivity index (χ0) is 14.1. The molecule has 0 aliphatic carbocycles. The number of rotatable bonds is 3. The highest BCUT2D eigenvalue weighted by Gasteiger charge is 2.13. The molecule has 1 N–H and O–H groups in total. The van der Waals surface area contributed by atoms with Gasteiger partial charge in [0.1, 0.15) is 18.4 Å². The maximum absolute atomic E-state index is 4.63. The molecule has 0 bridgehead atoms. The Labute approximate surface area is 122 Å². The third-order valence-electron chi connectivity index (χ3n) is 3.50. The van der Waals surface area contributed by atoms with Crippen molar-refractivity contribution in [3.63, 3.8) is 0 Å². The van der Waals surface area contributed by atoms with Gasteiger partial charge in [0.05, 0.1) is 0 Å². The van der Waals surface area contributed by atoms with Crippen molar-refractivity contribution in [2.75, 3.05) is 0 Å². The lowest BCUT2D eigenvalue weighted by atomic mass is 10.2. The first-order valence-electron chi connectivity index (χ1n) is 6.95. The van der Waals surface area contributed by atoms with E-state index in [1.807, 2.05) is 45.9 Å². The van der Waals surface area contributed by atoms with Crippen molar-refractivity contribution < 1.29 is 4.68 Å². The van der Waals surface area contributed by atoms with Crippen molar-refractivity contribution in [1.82, 2.24) is 14.5 Å². The van der Waals surface area contributed by atoms with Gasteiger partial charge in [0.2, 0.25) is 0 Å². The van der Waals surface area contributed by atoms with Crippen LogP contribution in [-0.4, -0.2) is 14.5 Å². The van der Waals surface area contributed by atoms with Crippen LogP contribution in [0.4, 0.5) is 0 Å². The van der Waals surface area contributed by atoms with E-state index in [1.54, 1.807) is 0 Å². The van der Waals surface area contributed by atoms with Gasteiger partial charge in [0.25, 0.3) is 6.33 Å². The SMILES string of the molecule is c1ccc(C[n+]2cn3cc(-c4ccccc4)nc3[nH]2)cc1. The second-order valence-corrected chi connectivity index (χ2v) is 5.06. The number of aromatic amines is 1. The molecule has 0 unspecified atom stereocenters. The summed E-state index contributed by atoms with van der Waals surface area (Å²) in [5.41, 5.74) is 3.37. The number of aromatic nitrogens is 4. The maximum atomic E-state index is 4.63. The lowest BCUT2D eigenvalue weighted by molar-refractivity contribution is -0.742. The molecule has 0 aliphatic heterocycles. The Morgan fingerprint density at radius 2 is 1.67 bits per heavy atom. The second kappa shape index (κ2) is 4.90. The molecule has 0 amide bonds. The van der Waals surface area contributed by atoms with E-state index in [2.05, 4.69) is 46.5 Å². The van der Waals surface area contributed by atoms with Crippen LogP contribution in [0.1, 0.15) is 5.56 Å². The van der Waals surface area contributed by atoms with Crippen LogP contribution in [0.5, 0.6) is 0 Å². The summed E-state index contributed by atoms with van der Waals surface area (Å²) >= 11 is 0. The van der Waals surface area contributed by atoms with Crippen molar-refractivity contribution in [2.45, 2.75) is 6.54 Å². The van der Waals surface area contributed by atoms with Crippen LogP contribution in [0.25, 0.3) is 17.0 Å². The molecular formula is C17H15N4+. The van der Waals surface area contributed by atoms with Crippen LogP contribution in [0.3, 0.4) is 0 Å². The lowest BCUT2D eigenvalue weighted by Crippen LogP contribution is -2.35. The predicted octanol–water partition coefficient (Wildman–Crippen LogP) is 2.67. The zero-order valence-corrected chi connectivity index (χ0v) is 11.5. The molecule has 0 atom stereocenters. The van der Waals surface area contributed by atoms with E-state index in [9.17, 15) is 0 Å². The molecule has 0 aliphatic rings. The monoisotopic (exact) mass is 275 g/mol. The first kappa shape index (κ1) is 11.9. The fourth-order valence-corrected chi connectivity index (χ4v) is 2.48. The average Bonchev–Trinajstić information content (AvgIpc) is 3.07. The Kier molecular flexibility index (Phi) is 2.78. The summed E-state index contributed by atoms with van der Waals surface area (Å²) in [6.07, 6.45) is 4.07. The molecule has 4 aromatic rings. The Hall–Kier alpha value is -2.88. The van der Waals surface area contributed by atoms with Gasteiger partial charge < -0.3 is 0 Å². The minimum absolute atomic E-state index is 0.810. The van der Waals surface area contributed by atoms with E-state index in [4.69, 9.17) is 0 Å². The molecular weight excluding hydrogens is 260 g/mol. The van der Waals surface area contributed by atoms with Crippen LogP contribution < -0.4 is 4.68 Å². The Balaban J connectivity index is 1.65. The van der Waals surface area contributed by atoms with Gasteiger partial charge in [-0.05, 0) is 5.56 Å². The van der Waals surface area contributed by atoms with Gasteiger partial charge in [-0.1, -0.05) is 60.7 Å². The van der Waals surface area contributed by atoms with Crippen LogP contribution in [0.2, 0.25) is 0 Å². The number of fused-ring (bicyclic) bond motifs is 1. The van der Waals surface area contributed by atoms with Gasteiger partial charge in [0.15, 0.2) is 0 Å². The number of hydrogen-bond donors (Lipinski definition) is 1. The highest BCUT2D eigenvalue weighted by Crippen LogP contribution is 2.17. The smallest absolute Gasteiger partial charge is 0.186 e. The molecule has 2 aromatic carbocycles. The molecule has 21 heavy (non-hydrogen) atoms. The van der Waals surface area contributed by atoms with Gasteiger partial charge in [-0.3, -0.25) is 0 Å². The van der Waals surface area contributed by atoms with Crippen LogP contribution in [0.15, 0.2) is 73.2 Å². The summed E-state index contributed by atoms with van der Waals surface area (Å²) < 4.78 is 4.05. The van der Waals surface area contributed by atoms with E-state index >= 15 is 0 Å². The van der Waals surface area contributed by atoms with Crippen LogP contribution in [-0.2, 0) is 6.54 Å².